The molecule has 0 saturated carbocycles. The highest BCUT2D eigenvalue weighted by Gasteiger charge is 2.10. The molecule has 1 unspecified atom stereocenters. The number of unbranched alkanes of at least 4 members (excludes halogenated alkanes) is 3. The number of methoxy groups -OCH3 is 1. The Kier molecular flexibility index (Phi) is 11.3. The van der Waals surface area contributed by atoms with Crippen LogP contribution in [0.25, 0.3) is 0 Å². The standard InChI is InChI=1S/C13H30N2O/c1-4-13(2)15(11-12-16-3)10-8-6-5-7-9-14/h13H,4-12,14H2,1-3H3. The molecule has 0 aromatic rings. The lowest BCUT2D eigenvalue weighted by Gasteiger charge is -2.28. The minimum atomic E-state index is 0.671. The molecule has 0 aromatic carbocycles. The summed E-state index contributed by atoms with van der Waals surface area (Å²) in [7, 11) is 1.77. The molecule has 0 aliphatic rings. The van der Waals surface area contributed by atoms with Crippen molar-refractivity contribution in [1.82, 2.24) is 4.90 Å². The van der Waals surface area contributed by atoms with E-state index in [-0.39, 0.29) is 0 Å². The van der Waals surface area contributed by atoms with Crippen molar-refractivity contribution in [2.75, 3.05) is 33.4 Å². The predicted octanol–water partition coefficient (Wildman–Crippen LogP) is 2.25. The van der Waals surface area contributed by atoms with Crippen LogP contribution in [0.5, 0.6) is 0 Å². The van der Waals surface area contributed by atoms with Gasteiger partial charge in [-0.25, -0.2) is 0 Å². The fourth-order valence-corrected chi connectivity index (χ4v) is 1.83. The second-order valence-corrected chi connectivity index (χ2v) is 4.49. The van der Waals surface area contributed by atoms with Crippen LogP contribution in [0, 0.1) is 0 Å². The third-order valence-corrected chi connectivity index (χ3v) is 3.20. The summed E-state index contributed by atoms with van der Waals surface area (Å²) in [5, 5.41) is 0. The highest BCUT2D eigenvalue weighted by Crippen LogP contribution is 2.07. The van der Waals surface area contributed by atoms with Gasteiger partial charge in [0, 0.05) is 19.7 Å². The Labute approximate surface area is 101 Å². The summed E-state index contributed by atoms with van der Waals surface area (Å²) in [6, 6.07) is 0.671. The van der Waals surface area contributed by atoms with Gasteiger partial charge in [0.25, 0.3) is 0 Å². The van der Waals surface area contributed by atoms with Gasteiger partial charge in [-0.1, -0.05) is 19.8 Å². The van der Waals surface area contributed by atoms with E-state index in [0.717, 1.165) is 19.7 Å². The van der Waals surface area contributed by atoms with Crippen molar-refractivity contribution in [3.8, 4) is 0 Å². The Balaban J connectivity index is 3.65. The molecule has 0 aliphatic carbocycles. The van der Waals surface area contributed by atoms with Gasteiger partial charge in [0.2, 0.25) is 0 Å². The molecule has 0 aliphatic heterocycles. The molecular formula is C13H30N2O. The van der Waals surface area contributed by atoms with Gasteiger partial charge in [0.15, 0.2) is 0 Å². The van der Waals surface area contributed by atoms with Crippen LogP contribution in [-0.2, 0) is 4.74 Å². The number of rotatable bonds is 11. The zero-order chi connectivity index (χ0) is 12.2. The molecule has 0 saturated heterocycles. The Morgan fingerprint density at radius 3 is 2.38 bits per heavy atom. The second-order valence-electron chi connectivity index (χ2n) is 4.49. The van der Waals surface area contributed by atoms with Gasteiger partial charge < -0.3 is 10.5 Å². The molecule has 0 spiro atoms. The van der Waals surface area contributed by atoms with Crippen molar-refractivity contribution in [3.05, 3.63) is 0 Å². The lowest BCUT2D eigenvalue weighted by molar-refractivity contribution is 0.121. The van der Waals surface area contributed by atoms with Crippen LogP contribution in [-0.4, -0.2) is 44.3 Å². The van der Waals surface area contributed by atoms with Gasteiger partial charge in [0.05, 0.1) is 6.61 Å². The average Bonchev–Trinajstić information content (AvgIpc) is 2.31. The highest BCUT2D eigenvalue weighted by atomic mass is 16.5. The van der Waals surface area contributed by atoms with Crippen LogP contribution in [0.1, 0.15) is 46.0 Å². The summed E-state index contributed by atoms with van der Waals surface area (Å²) in [4.78, 5) is 2.53. The third-order valence-electron chi connectivity index (χ3n) is 3.20. The van der Waals surface area contributed by atoms with Gasteiger partial charge >= 0.3 is 0 Å². The molecule has 3 heteroatoms. The predicted molar refractivity (Wildman–Crippen MR) is 70.7 cm³/mol. The van der Waals surface area contributed by atoms with Crippen molar-refractivity contribution in [1.29, 1.82) is 0 Å². The van der Waals surface area contributed by atoms with Gasteiger partial charge in [-0.15, -0.1) is 0 Å². The fourth-order valence-electron chi connectivity index (χ4n) is 1.83. The zero-order valence-electron chi connectivity index (χ0n) is 11.4. The van der Waals surface area contributed by atoms with Gasteiger partial charge in [-0.3, -0.25) is 4.90 Å². The molecule has 1 atom stereocenters. The molecule has 0 bridgehead atoms. The maximum atomic E-state index is 5.48. The van der Waals surface area contributed by atoms with Gasteiger partial charge in [-0.05, 0) is 39.3 Å². The van der Waals surface area contributed by atoms with Crippen molar-refractivity contribution < 1.29 is 4.74 Å². The highest BCUT2D eigenvalue weighted by molar-refractivity contribution is 4.65. The van der Waals surface area contributed by atoms with Crippen molar-refractivity contribution >= 4 is 0 Å². The molecule has 0 radical (unpaired) electrons. The quantitative estimate of drug-likeness (QED) is 0.553. The molecule has 0 fully saturated rings. The van der Waals surface area contributed by atoms with E-state index < -0.39 is 0 Å². The number of nitrogens with zero attached hydrogens (tertiary/aromatic N) is 1. The smallest absolute Gasteiger partial charge is 0.0589 e. The Bertz CT molecular complexity index is 142. The number of hydrogen-bond donors (Lipinski definition) is 1. The van der Waals surface area contributed by atoms with Crippen LogP contribution in [0.2, 0.25) is 0 Å². The topological polar surface area (TPSA) is 38.5 Å². The first-order chi connectivity index (χ1) is 7.76. The van der Waals surface area contributed by atoms with E-state index in [0.29, 0.717) is 6.04 Å². The minimum Gasteiger partial charge on any atom is -0.383 e. The fraction of sp³-hybridized carbons (Fsp3) is 1.00. The zero-order valence-corrected chi connectivity index (χ0v) is 11.4. The van der Waals surface area contributed by atoms with E-state index in [1.54, 1.807) is 7.11 Å². The van der Waals surface area contributed by atoms with Crippen LogP contribution < -0.4 is 5.73 Å². The lowest BCUT2D eigenvalue weighted by atomic mass is 10.1. The first-order valence-corrected chi connectivity index (χ1v) is 6.69. The summed E-state index contributed by atoms with van der Waals surface area (Å²) < 4.78 is 5.15. The Hall–Kier alpha value is -0.120. The van der Waals surface area contributed by atoms with E-state index in [1.165, 1.54) is 38.6 Å². The van der Waals surface area contributed by atoms with E-state index in [1.807, 2.05) is 0 Å². The van der Waals surface area contributed by atoms with Crippen molar-refractivity contribution in [2.24, 2.45) is 5.73 Å². The largest absolute Gasteiger partial charge is 0.383 e. The molecule has 2 N–H and O–H groups in total. The molecule has 16 heavy (non-hydrogen) atoms. The average molecular weight is 230 g/mol. The first-order valence-electron chi connectivity index (χ1n) is 6.69. The normalized spacial score (nSPS) is 13.3. The Morgan fingerprint density at radius 2 is 1.81 bits per heavy atom. The lowest BCUT2D eigenvalue weighted by Crippen LogP contribution is -2.36. The minimum absolute atomic E-state index is 0.671. The molecule has 0 amide bonds. The molecule has 0 heterocycles. The maximum Gasteiger partial charge on any atom is 0.0589 e. The number of ether oxygens (including phenoxy) is 1. The summed E-state index contributed by atoms with van der Waals surface area (Å²) in [5.41, 5.74) is 5.48. The van der Waals surface area contributed by atoms with Crippen molar-refractivity contribution in [3.63, 3.8) is 0 Å². The molecule has 3 nitrogen and oxygen atoms in total. The number of hydrogen-bond acceptors (Lipinski definition) is 3. The van der Waals surface area contributed by atoms with E-state index in [9.17, 15) is 0 Å². The molecule has 98 valence electrons. The SMILES string of the molecule is CCC(C)N(CCCCCCN)CCOC. The van der Waals surface area contributed by atoms with E-state index in [4.69, 9.17) is 10.5 Å². The first kappa shape index (κ1) is 15.9. The van der Waals surface area contributed by atoms with Crippen LogP contribution >= 0.6 is 0 Å². The summed E-state index contributed by atoms with van der Waals surface area (Å²) >= 11 is 0. The summed E-state index contributed by atoms with van der Waals surface area (Å²) in [6.45, 7) is 8.48. The molecule has 0 aromatic heterocycles. The van der Waals surface area contributed by atoms with Crippen LogP contribution in [0.4, 0.5) is 0 Å². The second kappa shape index (κ2) is 11.4. The Morgan fingerprint density at radius 1 is 1.12 bits per heavy atom. The third kappa shape index (κ3) is 8.08. The molecular weight excluding hydrogens is 200 g/mol. The van der Waals surface area contributed by atoms with Crippen LogP contribution in [0.3, 0.4) is 0 Å². The van der Waals surface area contributed by atoms with Gasteiger partial charge in [-0.2, -0.15) is 0 Å². The summed E-state index contributed by atoms with van der Waals surface area (Å²) in [5.74, 6) is 0. The number of nitrogens with two attached hydrogens (primary N) is 1. The van der Waals surface area contributed by atoms with E-state index >= 15 is 0 Å². The maximum absolute atomic E-state index is 5.48. The van der Waals surface area contributed by atoms with Crippen LogP contribution in [0.15, 0.2) is 0 Å². The monoisotopic (exact) mass is 230 g/mol. The van der Waals surface area contributed by atoms with Gasteiger partial charge in [0.1, 0.15) is 0 Å². The molecule has 0 rings (SSSR count). The van der Waals surface area contributed by atoms with E-state index in [2.05, 4.69) is 18.7 Å². The summed E-state index contributed by atoms with van der Waals surface area (Å²) in [6.07, 6.45) is 6.24. The van der Waals surface area contributed by atoms with Crippen molar-refractivity contribution in [2.45, 2.75) is 52.0 Å².